The highest BCUT2D eigenvalue weighted by atomic mass is 16.4. The number of Topliss-reactive ketones (excluding diaryl/α,β-unsaturated/α-hetero) is 1. The summed E-state index contributed by atoms with van der Waals surface area (Å²) in [6.07, 6.45) is 0.501. The first-order valence-electron chi connectivity index (χ1n) is 7.31. The number of aliphatic carboxylic acids is 1. The van der Waals surface area contributed by atoms with Gasteiger partial charge in [0.05, 0.1) is 5.92 Å². The summed E-state index contributed by atoms with van der Waals surface area (Å²) in [5, 5.41) is 11.0. The second kappa shape index (κ2) is 7.58. The van der Waals surface area contributed by atoms with Gasteiger partial charge in [0.1, 0.15) is 0 Å². The molecule has 0 heterocycles. The predicted molar refractivity (Wildman–Crippen MR) is 86.0 cm³/mol. The Morgan fingerprint density at radius 3 is 2.14 bits per heavy atom. The maximum absolute atomic E-state index is 11.7. The lowest BCUT2D eigenvalue weighted by atomic mass is 9.88. The van der Waals surface area contributed by atoms with Gasteiger partial charge in [-0.3, -0.25) is 9.59 Å². The largest absolute Gasteiger partial charge is 0.481 e. The van der Waals surface area contributed by atoms with Gasteiger partial charge in [0.15, 0.2) is 5.78 Å². The molecule has 2 aromatic carbocycles. The molecule has 0 aromatic heterocycles. The Kier molecular flexibility index (Phi) is 6.10. The number of carboxylic acids is 1. The van der Waals surface area contributed by atoms with Crippen LogP contribution in [0.4, 0.5) is 0 Å². The fraction of sp³-hybridized carbons (Fsp3) is 0.333. The maximum atomic E-state index is 11.7. The van der Waals surface area contributed by atoms with E-state index in [-0.39, 0.29) is 5.78 Å². The van der Waals surface area contributed by atoms with Crippen LogP contribution < -0.4 is 0 Å². The topological polar surface area (TPSA) is 54.4 Å². The van der Waals surface area contributed by atoms with E-state index in [2.05, 4.69) is 0 Å². The molecule has 3 nitrogen and oxygen atoms in total. The molecule has 0 spiro atoms. The molecule has 0 fully saturated rings. The van der Waals surface area contributed by atoms with Crippen LogP contribution in [0.25, 0.3) is 10.8 Å². The average Bonchev–Trinajstić information content (AvgIpc) is 2.49. The van der Waals surface area contributed by atoms with Crippen molar-refractivity contribution < 1.29 is 14.7 Å². The van der Waals surface area contributed by atoms with Gasteiger partial charge in [-0.25, -0.2) is 0 Å². The van der Waals surface area contributed by atoms with Crippen LogP contribution in [-0.4, -0.2) is 16.9 Å². The second-order valence-electron chi connectivity index (χ2n) is 4.61. The highest BCUT2D eigenvalue weighted by Crippen LogP contribution is 2.31. The van der Waals surface area contributed by atoms with Crippen molar-refractivity contribution in [3.8, 4) is 0 Å². The van der Waals surface area contributed by atoms with Crippen LogP contribution in [0.15, 0.2) is 36.4 Å². The van der Waals surface area contributed by atoms with Crippen LogP contribution in [0.2, 0.25) is 0 Å². The van der Waals surface area contributed by atoms with Gasteiger partial charge in [-0.05, 0) is 29.7 Å². The van der Waals surface area contributed by atoms with E-state index < -0.39 is 11.9 Å². The van der Waals surface area contributed by atoms with Crippen LogP contribution >= 0.6 is 0 Å². The van der Waals surface area contributed by atoms with E-state index in [0.717, 1.165) is 16.3 Å². The summed E-state index contributed by atoms with van der Waals surface area (Å²) in [7, 11) is 0. The van der Waals surface area contributed by atoms with E-state index in [9.17, 15) is 14.7 Å². The van der Waals surface area contributed by atoms with Crippen LogP contribution in [0.5, 0.6) is 0 Å². The Morgan fingerprint density at radius 2 is 1.67 bits per heavy atom. The number of carboxylic acid groups (broad SMARTS) is 1. The first-order chi connectivity index (χ1) is 10.1. The van der Waals surface area contributed by atoms with E-state index >= 15 is 0 Å². The summed E-state index contributed by atoms with van der Waals surface area (Å²) in [4.78, 5) is 23.1. The van der Waals surface area contributed by atoms with Crippen molar-refractivity contribution >= 4 is 22.5 Å². The van der Waals surface area contributed by atoms with Gasteiger partial charge in [0.25, 0.3) is 0 Å². The van der Waals surface area contributed by atoms with Gasteiger partial charge < -0.3 is 5.11 Å². The van der Waals surface area contributed by atoms with Crippen molar-refractivity contribution in [3.63, 3.8) is 0 Å². The molecule has 1 atom stereocenters. The average molecular weight is 286 g/mol. The molecule has 0 saturated heterocycles. The van der Waals surface area contributed by atoms with Gasteiger partial charge in [-0.2, -0.15) is 0 Å². The molecular formula is C18H22O3. The third kappa shape index (κ3) is 3.48. The van der Waals surface area contributed by atoms with Crippen molar-refractivity contribution in [2.45, 2.75) is 40.0 Å². The van der Waals surface area contributed by atoms with Crippen LogP contribution in [0, 0.1) is 0 Å². The van der Waals surface area contributed by atoms with E-state index in [1.54, 1.807) is 12.1 Å². The summed E-state index contributed by atoms with van der Waals surface area (Å²) in [6, 6.07) is 11.0. The summed E-state index contributed by atoms with van der Waals surface area (Å²) in [5.41, 5.74) is 1.31. The Hall–Kier alpha value is -2.16. The van der Waals surface area contributed by atoms with Gasteiger partial charge in [0, 0.05) is 5.56 Å². The SMILES string of the molecule is CC.CCC(C(=O)O)c1cccc2cccc(C(C)=O)c12. The number of rotatable bonds is 4. The summed E-state index contributed by atoms with van der Waals surface area (Å²) >= 11 is 0. The molecule has 2 rings (SSSR count). The fourth-order valence-corrected chi connectivity index (χ4v) is 2.48. The number of carbonyl (C=O) groups excluding carboxylic acids is 1. The Bertz CT molecular complexity index is 639. The number of hydrogen-bond donors (Lipinski definition) is 1. The Morgan fingerprint density at radius 1 is 1.10 bits per heavy atom. The molecule has 0 aliphatic carbocycles. The molecule has 2 aromatic rings. The van der Waals surface area contributed by atoms with Gasteiger partial charge in [-0.15, -0.1) is 0 Å². The Labute approximate surface area is 125 Å². The third-order valence-electron chi connectivity index (χ3n) is 3.40. The monoisotopic (exact) mass is 286 g/mol. The molecule has 0 bridgehead atoms. The predicted octanol–water partition coefficient (Wildman–Crippen LogP) is 4.65. The first-order valence-corrected chi connectivity index (χ1v) is 7.31. The highest BCUT2D eigenvalue weighted by Gasteiger charge is 2.21. The molecule has 0 amide bonds. The van der Waals surface area contributed by atoms with E-state index in [4.69, 9.17) is 0 Å². The minimum absolute atomic E-state index is 0.0432. The van der Waals surface area contributed by atoms with Crippen molar-refractivity contribution in [2.75, 3.05) is 0 Å². The summed E-state index contributed by atoms with van der Waals surface area (Å²) in [5.74, 6) is -1.48. The fourth-order valence-electron chi connectivity index (χ4n) is 2.48. The van der Waals surface area contributed by atoms with Crippen molar-refractivity contribution in [3.05, 3.63) is 47.5 Å². The quantitative estimate of drug-likeness (QED) is 0.832. The zero-order chi connectivity index (χ0) is 16.0. The minimum Gasteiger partial charge on any atom is -0.481 e. The molecule has 1 unspecified atom stereocenters. The molecule has 3 heteroatoms. The zero-order valence-electron chi connectivity index (χ0n) is 13.0. The molecular weight excluding hydrogens is 264 g/mol. The smallest absolute Gasteiger partial charge is 0.310 e. The lowest BCUT2D eigenvalue weighted by Gasteiger charge is -2.15. The van der Waals surface area contributed by atoms with Gasteiger partial charge >= 0.3 is 5.97 Å². The molecule has 1 N–H and O–H groups in total. The molecule has 0 radical (unpaired) electrons. The number of fused-ring (bicyclic) bond motifs is 1. The molecule has 0 aliphatic heterocycles. The van der Waals surface area contributed by atoms with E-state index in [1.165, 1.54) is 6.92 Å². The lowest BCUT2D eigenvalue weighted by Crippen LogP contribution is -2.12. The second-order valence-corrected chi connectivity index (χ2v) is 4.61. The number of hydrogen-bond acceptors (Lipinski definition) is 2. The summed E-state index contributed by atoms with van der Waals surface area (Å²) < 4.78 is 0. The van der Waals surface area contributed by atoms with Crippen LogP contribution in [0.3, 0.4) is 0 Å². The van der Waals surface area contributed by atoms with Gasteiger partial charge in [-0.1, -0.05) is 57.2 Å². The minimum atomic E-state index is -0.853. The molecule has 21 heavy (non-hydrogen) atoms. The van der Waals surface area contributed by atoms with Crippen molar-refractivity contribution in [1.82, 2.24) is 0 Å². The molecule has 0 aliphatic rings. The van der Waals surface area contributed by atoms with Crippen molar-refractivity contribution in [2.24, 2.45) is 0 Å². The number of benzene rings is 2. The van der Waals surface area contributed by atoms with E-state index in [1.807, 2.05) is 45.0 Å². The van der Waals surface area contributed by atoms with Crippen LogP contribution in [-0.2, 0) is 4.79 Å². The third-order valence-corrected chi connectivity index (χ3v) is 3.40. The summed E-state index contributed by atoms with van der Waals surface area (Å²) in [6.45, 7) is 7.35. The number of ketones is 1. The first kappa shape index (κ1) is 16.9. The lowest BCUT2D eigenvalue weighted by molar-refractivity contribution is -0.138. The van der Waals surface area contributed by atoms with Crippen molar-refractivity contribution in [1.29, 1.82) is 0 Å². The molecule has 112 valence electrons. The Balaban J connectivity index is 0.00000106. The van der Waals surface area contributed by atoms with Gasteiger partial charge in [0.2, 0.25) is 0 Å². The standard InChI is InChI=1S/C16H16O3.C2H6/c1-3-12(16(18)19)14-9-5-7-11-6-4-8-13(10(2)17)15(11)14;1-2/h4-9,12H,3H2,1-2H3,(H,18,19);1-2H3. The number of carbonyl (C=O) groups is 2. The normalized spacial score (nSPS) is 11.4. The van der Waals surface area contributed by atoms with E-state index in [0.29, 0.717) is 12.0 Å². The highest BCUT2D eigenvalue weighted by molar-refractivity contribution is 6.09. The maximum Gasteiger partial charge on any atom is 0.310 e. The molecule has 0 saturated carbocycles. The van der Waals surface area contributed by atoms with Crippen LogP contribution in [0.1, 0.15) is 56.0 Å². The zero-order valence-corrected chi connectivity index (χ0v) is 13.0.